The summed E-state index contributed by atoms with van der Waals surface area (Å²) >= 11 is 0. The van der Waals surface area contributed by atoms with Crippen LogP contribution < -0.4 is 0 Å². The maximum absolute atomic E-state index is 4.74. The van der Waals surface area contributed by atoms with E-state index in [1.54, 1.807) is 0 Å². The molecule has 0 spiro atoms. The Balaban J connectivity index is 1.71. The maximum Gasteiger partial charge on any atom is 0.109 e. The first-order chi connectivity index (χ1) is 12.4. The molecular formula is C23H37N3. The number of fused-ring (bicyclic) bond motifs is 1. The van der Waals surface area contributed by atoms with Crippen molar-refractivity contribution in [2.24, 2.45) is 5.92 Å². The summed E-state index contributed by atoms with van der Waals surface area (Å²) in [4.78, 5) is 11.0. The number of imidazole rings is 1. The number of hydrogen-bond donors (Lipinski definition) is 1. The van der Waals surface area contributed by atoms with Crippen LogP contribution in [0, 0.1) is 5.92 Å². The second-order valence-electron chi connectivity index (χ2n) is 8.94. The highest BCUT2D eigenvalue weighted by Gasteiger charge is 2.37. The van der Waals surface area contributed by atoms with E-state index in [9.17, 15) is 0 Å². The molecule has 1 saturated heterocycles. The zero-order chi connectivity index (χ0) is 18.7. The lowest BCUT2D eigenvalue weighted by molar-refractivity contribution is 0.109. The van der Waals surface area contributed by atoms with Gasteiger partial charge in [-0.05, 0) is 55.0 Å². The minimum Gasteiger partial charge on any atom is -0.342 e. The molecule has 2 unspecified atom stereocenters. The number of likely N-dealkylation sites (tertiary alicyclic amines) is 1. The van der Waals surface area contributed by atoms with Crippen LogP contribution in [0.4, 0.5) is 0 Å². The maximum atomic E-state index is 4.74. The van der Waals surface area contributed by atoms with Crippen molar-refractivity contribution >= 4 is 11.0 Å². The minimum absolute atomic E-state index is 0.261. The van der Waals surface area contributed by atoms with Crippen LogP contribution in [-0.2, 0) is 5.41 Å². The molecule has 0 saturated carbocycles. The molecule has 2 aromatic rings. The lowest BCUT2D eigenvalue weighted by atomic mass is 9.68. The third kappa shape index (κ3) is 3.98. The third-order valence-corrected chi connectivity index (χ3v) is 6.60. The second-order valence-corrected chi connectivity index (χ2v) is 8.94. The second kappa shape index (κ2) is 8.12. The number of unbranched alkanes of at least 4 members (excludes halogenated alkanes) is 3. The first-order valence-electron chi connectivity index (χ1n) is 10.7. The van der Waals surface area contributed by atoms with Gasteiger partial charge in [-0.1, -0.05) is 59.9 Å². The Labute approximate surface area is 159 Å². The summed E-state index contributed by atoms with van der Waals surface area (Å²) in [5.41, 5.74) is 4.03. The molecule has 1 aromatic carbocycles. The summed E-state index contributed by atoms with van der Waals surface area (Å²) in [5.74, 6) is 2.21. The van der Waals surface area contributed by atoms with Crippen LogP contribution in [0.2, 0.25) is 0 Å². The van der Waals surface area contributed by atoms with Crippen LogP contribution in [0.25, 0.3) is 11.0 Å². The van der Waals surface area contributed by atoms with Gasteiger partial charge in [0.2, 0.25) is 0 Å². The smallest absolute Gasteiger partial charge is 0.109 e. The highest BCUT2D eigenvalue weighted by atomic mass is 15.1. The van der Waals surface area contributed by atoms with Crippen molar-refractivity contribution in [3.63, 3.8) is 0 Å². The molecule has 0 aliphatic carbocycles. The van der Waals surface area contributed by atoms with Gasteiger partial charge in [-0.3, -0.25) is 0 Å². The van der Waals surface area contributed by atoms with E-state index in [1.807, 2.05) is 0 Å². The fourth-order valence-corrected chi connectivity index (χ4v) is 4.37. The molecule has 1 aromatic heterocycles. The topological polar surface area (TPSA) is 31.9 Å². The van der Waals surface area contributed by atoms with Gasteiger partial charge < -0.3 is 9.88 Å². The van der Waals surface area contributed by atoms with Crippen molar-refractivity contribution in [2.75, 3.05) is 19.6 Å². The van der Waals surface area contributed by atoms with E-state index in [-0.39, 0.29) is 5.41 Å². The van der Waals surface area contributed by atoms with Crippen LogP contribution in [0.1, 0.15) is 84.0 Å². The number of rotatable bonds is 7. The number of nitrogens with zero attached hydrogens (tertiary/aromatic N) is 2. The molecule has 1 fully saturated rings. The number of benzene rings is 1. The summed E-state index contributed by atoms with van der Waals surface area (Å²) < 4.78 is 0. The molecule has 3 rings (SSSR count). The van der Waals surface area contributed by atoms with E-state index in [4.69, 9.17) is 4.98 Å². The SMILES string of the molecule is CCCCCCN1CCC(C)(c2ccc3nc(C(C)C)[nH]c3c2)C(C)C1. The Morgan fingerprint density at radius 1 is 1.27 bits per heavy atom. The zero-order valence-corrected chi connectivity index (χ0v) is 17.4. The molecular weight excluding hydrogens is 318 g/mol. The molecule has 1 N–H and O–H groups in total. The largest absolute Gasteiger partial charge is 0.342 e. The molecule has 3 nitrogen and oxygen atoms in total. The molecule has 0 bridgehead atoms. The van der Waals surface area contributed by atoms with Crippen molar-refractivity contribution in [3.8, 4) is 0 Å². The van der Waals surface area contributed by atoms with Gasteiger partial charge in [0.15, 0.2) is 0 Å². The average Bonchev–Trinajstić information content (AvgIpc) is 3.05. The molecule has 144 valence electrons. The van der Waals surface area contributed by atoms with Crippen LogP contribution in [0.15, 0.2) is 18.2 Å². The zero-order valence-electron chi connectivity index (χ0n) is 17.4. The monoisotopic (exact) mass is 355 g/mol. The molecule has 1 aliphatic heterocycles. The van der Waals surface area contributed by atoms with Gasteiger partial charge in [-0.15, -0.1) is 0 Å². The van der Waals surface area contributed by atoms with Crippen molar-refractivity contribution in [3.05, 3.63) is 29.6 Å². The van der Waals surface area contributed by atoms with Gasteiger partial charge in [0.1, 0.15) is 5.82 Å². The number of aromatic amines is 1. The van der Waals surface area contributed by atoms with E-state index in [2.05, 4.69) is 62.7 Å². The summed E-state index contributed by atoms with van der Waals surface area (Å²) in [5, 5.41) is 0. The van der Waals surface area contributed by atoms with Gasteiger partial charge in [0.25, 0.3) is 0 Å². The fourth-order valence-electron chi connectivity index (χ4n) is 4.37. The first-order valence-corrected chi connectivity index (χ1v) is 10.7. The van der Waals surface area contributed by atoms with Crippen molar-refractivity contribution in [1.29, 1.82) is 0 Å². The molecule has 2 heterocycles. The Bertz CT molecular complexity index is 717. The van der Waals surface area contributed by atoms with E-state index in [1.165, 1.54) is 62.8 Å². The Kier molecular flexibility index (Phi) is 6.06. The predicted molar refractivity (Wildman–Crippen MR) is 112 cm³/mol. The van der Waals surface area contributed by atoms with Crippen molar-refractivity contribution in [2.45, 2.75) is 78.1 Å². The standard InChI is InChI=1S/C23H37N3/c1-6-7-8-9-13-26-14-12-23(5,18(4)16-26)19-10-11-20-21(15-19)25-22(24-20)17(2)3/h10-11,15,17-18H,6-9,12-14,16H2,1-5H3,(H,24,25). The Morgan fingerprint density at radius 2 is 2.08 bits per heavy atom. The van der Waals surface area contributed by atoms with E-state index in [0.29, 0.717) is 11.8 Å². The molecule has 26 heavy (non-hydrogen) atoms. The number of H-pyrrole nitrogens is 1. The van der Waals surface area contributed by atoms with Gasteiger partial charge in [-0.25, -0.2) is 4.98 Å². The number of piperidine rings is 1. The number of aromatic nitrogens is 2. The fraction of sp³-hybridized carbons (Fsp3) is 0.696. The summed E-state index contributed by atoms with van der Waals surface area (Å²) in [6.07, 6.45) is 6.69. The number of nitrogens with one attached hydrogen (secondary N) is 1. The average molecular weight is 356 g/mol. The van der Waals surface area contributed by atoms with E-state index < -0.39 is 0 Å². The lowest BCUT2D eigenvalue weighted by Crippen LogP contribution is -2.47. The van der Waals surface area contributed by atoms with Crippen molar-refractivity contribution in [1.82, 2.24) is 14.9 Å². The van der Waals surface area contributed by atoms with Crippen molar-refractivity contribution < 1.29 is 0 Å². The van der Waals surface area contributed by atoms with E-state index >= 15 is 0 Å². The summed E-state index contributed by atoms with van der Waals surface area (Å²) in [6, 6.07) is 6.89. The third-order valence-electron chi connectivity index (χ3n) is 6.60. The minimum atomic E-state index is 0.261. The summed E-state index contributed by atoms with van der Waals surface area (Å²) in [6.45, 7) is 15.3. The van der Waals surface area contributed by atoms with Crippen LogP contribution in [-0.4, -0.2) is 34.5 Å². The first kappa shape index (κ1) is 19.4. The number of hydrogen-bond acceptors (Lipinski definition) is 2. The highest BCUT2D eigenvalue weighted by molar-refractivity contribution is 5.76. The molecule has 0 amide bonds. The quantitative estimate of drug-likeness (QED) is 0.630. The molecule has 2 atom stereocenters. The molecule has 3 heteroatoms. The predicted octanol–water partition coefficient (Wildman–Crippen LogP) is 5.87. The van der Waals surface area contributed by atoms with E-state index in [0.717, 1.165) is 11.3 Å². The van der Waals surface area contributed by atoms with Gasteiger partial charge in [-0.2, -0.15) is 0 Å². The summed E-state index contributed by atoms with van der Waals surface area (Å²) in [7, 11) is 0. The van der Waals surface area contributed by atoms with Crippen LogP contribution in [0.5, 0.6) is 0 Å². The highest BCUT2D eigenvalue weighted by Crippen LogP contribution is 2.40. The van der Waals surface area contributed by atoms with Gasteiger partial charge in [0.05, 0.1) is 11.0 Å². The normalized spacial score (nSPS) is 24.6. The molecule has 0 radical (unpaired) electrons. The van der Waals surface area contributed by atoms with Gasteiger partial charge >= 0.3 is 0 Å². The van der Waals surface area contributed by atoms with Crippen LogP contribution in [0.3, 0.4) is 0 Å². The Hall–Kier alpha value is -1.35. The van der Waals surface area contributed by atoms with Gasteiger partial charge in [0, 0.05) is 12.5 Å². The van der Waals surface area contributed by atoms with Crippen LogP contribution >= 0.6 is 0 Å². The lowest BCUT2D eigenvalue weighted by Gasteiger charge is -2.45. The molecule has 1 aliphatic rings. The Morgan fingerprint density at radius 3 is 2.77 bits per heavy atom.